The van der Waals surface area contributed by atoms with Crippen LogP contribution in [0.5, 0.6) is 0 Å². The third kappa shape index (κ3) is 2.37. The fraction of sp³-hybridized carbons (Fsp3) is 0. The Morgan fingerprint density at radius 3 is 2.07 bits per heavy atom. The Morgan fingerprint density at radius 1 is 1.13 bits per heavy atom. The summed E-state index contributed by atoms with van der Waals surface area (Å²) in [6.07, 6.45) is 0. The quantitative estimate of drug-likeness (QED) is 0.618. The highest BCUT2D eigenvalue weighted by molar-refractivity contribution is 6.69. The van der Waals surface area contributed by atoms with Crippen molar-refractivity contribution in [1.29, 1.82) is 0 Å². The average molecular weight is 285 g/mol. The van der Waals surface area contributed by atoms with Gasteiger partial charge in [-0.25, -0.2) is 0 Å². The highest BCUT2D eigenvalue weighted by atomic mass is 35.5. The number of hydrogen-bond acceptors (Lipinski definition) is 2. The SMILES string of the molecule is [N]C(=O)c1cc(Cl)c(Cl)c(Cl)c1C(=O)Cl. The van der Waals surface area contributed by atoms with Crippen LogP contribution in [-0.4, -0.2) is 11.1 Å². The number of benzene rings is 1. The van der Waals surface area contributed by atoms with Gasteiger partial charge in [-0.1, -0.05) is 34.8 Å². The van der Waals surface area contributed by atoms with Gasteiger partial charge in [0.1, 0.15) is 0 Å². The van der Waals surface area contributed by atoms with Crippen molar-refractivity contribution in [3.05, 3.63) is 32.3 Å². The number of carbonyl (C=O) groups is 2. The summed E-state index contributed by atoms with van der Waals surface area (Å²) in [6.45, 7) is 0. The lowest BCUT2D eigenvalue weighted by Gasteiger charge is -2.07. The molecule has 0 N–H and O–H groups in total. The number of nitrogens with zero attached hydrogens (tertiary/aromatic N) is 1. The number of hydrogen-bond donors (Lipinski definition) is 0. The average Bonchev–Trinajstić information content (AvgIpc) is 2.12. The van der Waals surface area contributed by atoms with Gasteiger partial charge in [0, 0.05) is 0 Å². The van der Waals surface area contributed by atoms with Crippen LogP contribution in [0.25, 0.3) is 0 Å². The number of halogens is 4. The maximum absolute atomic E-state index is 11.0. The minimum atomic E-state index is -1.36. The van der Waals surface area contributed by atoms with Crippen LogP contribution in [-0.2, 0) is 0 Å². The summed E-state index contributed by atoms with van der Waals surface area (Å²) < 4.78 is 0. The molecule has 0 atom stereocenters. The van der Waals surface area contributed by atoms with Gasteiger partial charge in [0.05, 0.1) is 26.2 Å². The second-order valence-corrected chi connectivity index (χ2v) is 3.99. The van der Waals surface area contributed by atoms with Gasteiger partial charge < -0.3 is 0 Å². The molecule has 0 saturated carbocycles. The Labute approximate surface area is 105 Å². The summed E-state index contributed by atoms with van der Waals surface area (Å²) in [5.41, 5.74) is 8.04. The lowest BCUT2D eigenvalue weighted by molar-refractivity contribution is 0.0981. The molecule has 0 aliphatic carbocycles. The zero-order valence-electron chi connectivity index (χ0n) is 6.85. The van der Waals surface area contributed by atoms with Crippen LogP contribution in [0.3, 0.4) is 0 Å². The largest absolute Gasteiger partial charge is 0.296 e. The first-order valence-corrected chi connectivity index (χ1v) is 4.98. The van der Waals surface area contributed by atoms with Crippen molar-refractivity contribution in [2.45, 2.75) is 0 Å². The third-order valence-electron chi connectivity index (χ3n) is 1.59. The molecule has 0 aliphatic heterocycles. The number of carbonyl (C=O) groups excluding carboxylic acids is 2. The van der Waals surface area contributed by atoms with Crippen molar-refractivity contribution in [2.75, 3.05) is 0 Å². The Balaban J connectivity index is 3.65. The van der Waals surface area contributed by atoms with Gasteiger partial charge in [-0.05, 0) is 17.7 Å². The van der Waals surface area contributed by atoms with E-state index in [4.69, 9.17) is 52.1 Å². The van der Waals surface area contributed by atoms with Crippen molar-refractivity contribution in [2.24, 2.45) is 0 Å². The molecule has 78 valence electrons. The normalized spacial score (nSPS) is 10.1. The molecule has 0 aromatic heterocycles. The van der Waals surface area contributed by atoms with Crippen molar-refractivity contribution in [3.63, 3.8) is 0 Å². The van der Waals surface area contributed by atoms with E-state index in [0.717, 1.165) is 6.07 Å². The van der Waals surface area contributed by atoms with E-state index in [-0.39, 0.29) is 26.2 Å². The van der Waals surface area contributed by atoms with E-state index in [1.165, 1.54) is 0 Å². The molecule has 1 rings (SSSR count). The zero-order valence-corrected chi connectivity index (χ0v) is 9.88. The highest BCUT2D eigenvalue weighted by Gasteiger charge is 2.22. The predicted octanol–water partition coefficient (Wildman–Crippen LogP) is 3.23. The summed E-state index contributed by atoms with van der Waals surface area (Å²) in [7, 11) is 0. The standard InChI is InChI=1S/C8HCl4NO2/c9-3-1-2(8(13)15)4(7(12)14)6(11)5(3)10/h1H. The third-order valence-corrected chi connectivity index (χ3v) is 3.04. The fourth-order valence-electron chi connectivity index (χ4n) is 0.956. The van der Waals surface area contributed by atoms with E-state index in [9.17, 15) is 9.59 Å². The van der Waals surface area contributed by atoms with Crippen LogP contribution in [0.15, 0.2) is 6.07 Å². The molecule has 0 bridgehead atoms. The van der Waals surface area contributed by atoms with E-state index >= 15 is 0 Å². The molecule has 3 nitrogen and oxygen atoms in total. The Hall–Kier alpha value is -0.480. The summed E-state index contributed by atoms with van der Waals surface area (Å²) in [5.74, 6) is -1.36. The molecule has 0 spiro atoms. The van der Waals surface area contributed by atoms with Gasteiger partial charge in [0.2, 0.25) is 0 Å². The van der Waals surface area contributed by atoms with Crippen LogP contribution in [0.2, 0.25) is 15.1 Å². The first-order valence-electron chi connectivity index (χ1n) is 3.47. The molecule has 0 saturated heterocycles. The number of amides is 1. The van der Waals surface area contributed by atoms with Gasteiger partial charge in [-0.15, -0.1) is 5.73 Å². The van der Waals surface area contributed by atoms with Gasteiger partial charge in [-0.3, -0.25) is 9.59 Å². The summed E-state index contributed by atoms with van der Waals surface area (Å²) >= 11 is 22.1. The molecule has 1 aromatic carbocycles. The zero-order chi connectivity index (χ0) is 11.7. The lowest BCUT2D eigenvalue weighted by atomic mass is 10.1. The minimum Gasteiger partial charge on any atom is -0.276 e. The van der Waals surface area contributed by atoms with Gasteiger partial charge in [0.15, 0.2) is 0 Å². The molecule has 0 unspecified atom stereocenters. The van der Waals surface area contributed by atoms with Gasteiger partial charge in [-0.2, -0.15) is 0 Å². The van der Waals surface area contributed by atoms with Crippen LogP contribution in [0.1, 0.15) is 20.7 Å². The topological polar surface area (TPSA) is 56.4 Å². The summed E-state index contributed by atoms with van der Waals surface area (Å²) in [5, 5.41) is -1.43. The molecule has 15 heavy (non-hydrogen) atoms. The maximum Gasteiger partial charge on any atom is 0.296 e. The van der Waals surface area contributed by atoms with E-state index in [0.29, 0.717) is 0 Å². The Morgan fingerprint density at radius 2 is 1.67 bits per heavy atom. The van der Waals surface area contributed by atoms with E-state index in [1.54, 1.807) is 0 Å². The highest BCUT2D eigenvalue weighted by Crippen LogP contribution is 2.35. The van der Waals surface area contributed by atoms with Crippen molar-refractivity contribution < 1.29 is 9.59 Å². The van der Waals surface area contributed by atoms with Gasteiger partial charge >= 0.3 is 0 Å². The molecule has 1 aromatic rings. The Bertz CT molecular complexity index is 458. The fourth-order valence-corrected chi connectivity index (χ4v) is 1.89. The van der Waals surface area contributed by atoms with Crippen molar-refractivity contribution in [1.82, 2.24) is 5.73 Å². The summed E-state index contributed by atoms with van der Waals surface area (Å²) in [4.78, 5) is 21.7. The van der Waals surface area contributed by atoms with Crippen molar-refractivity contribution in [3.8, 4) is 0 Å². The smallest absolute Gasteiger partial charge is 0.276 e. The molecule has 0 heterocycles. The minimum absolute atomic E-state index is 0.0549. The van der Waals surface area contributed by atoms with Crippen molar-refractivity contribution >= 4 is 57.6 Å². The first kappa shape index (κ1) is 12.6. The molecular formula is C8HCl4NO2. The molecule has 1 amide bonds. The second kappa shape index (κ2) is 4.58. The maximum atomic E-state index is 11.0. The monoisotopic (exact) mass is 283 g/mol. The van der Waals surface area contributed by atoms with Crippen LogP contribution in [0, 0.1) is 0 Å². The molecule has 0 aliphatic rings. The molecule has 7 heteroatoms. The second-order valence-electron chi connectivity index (χ2n) is 2.49. The molecular weight excluding hydrogens is 284 g/mol. The first-order chi connectivity index (χ1) is 6.86. The van der Waals surface area contributed by atoms with E-state index in [1.807, 2.05) is 0 Å². The van der Waals surface area contributed by atoms with E-state index in [2.05, 4.69) is 0 Å². The molecule has 0 fully saturated rings. The van der Waals surface area contributed by atoms with Crippen LogP contribution < -0.4 is 5.73 Å². The van der Waals surface area contributed by atoms with Gasteiger partial charge in [0.25, 0.3) is 11.1 Å². The summed E-state index contributed by atoms with van der Waals surface area (Å²) in [6, 6.07) is 1.02. The number of rotatable bonds is 2. The van der Waals surface area contributed by atoms with Crippen LogP contribution in [0.4, 0.5) is 0 Å². The lowest BCUT2D eigenvalue weighted by Crippen LogP contribution is -2.07. The van der Waals surface area contributed by atoms with E-state index < -0.39 is 11.1 Å². The molecule has 2 radical (unpaired) electrons. The van der Waals surface area contributed by atoms with Crippen LogP contribution >= 0.6 is 46.4 Å². The Kier molecular flexibility index (Phi) is 3.84. The predicted molar refractivity (Wildman–Crippen MR) is 58.1 cm³/mol.